The molecule has 0 aliphatic heterocycles. The molecule has 4 rings (SSSR count). The van der Waals surface area contributed by atoms with Gasteiger partial charge >= 0.3 is 12.1 Å². The molecule has 180 valence electrons. The van der Waals surface area contributed by atoms with Crippen molar-refractivity contribution in [2.45, 2.75) is 24.9 Å². The predicted molar refractivity (Wildman–Crippen MR) is 135 cm³/mol. The van der Waals surface area contributed by atoms with Gasteiger partial charge in [0.1, 0.15) is 12.6 Å². The second-order valence-corrected chi connectivity index (χ2v) is 9.36. The maximum absolute atomic E-state index is 13.0. The Hall–Kier alpha value is -3.65. The molecule has 0 saturated heterocycles. The highest BCUT2D eigenvalue weighted by Crippen LogP contribution is 2.44. The fourth-order valence-corrected chi connectivity index (χ4v) is 4.63. The monoisotopic (exact) mass is 536 g/mol. The van der Waals surface area contributed by atoms with Crippen molar-refractivity contribution in [2.24, 2.45) is 0 Å². The van der Waals surface area contributed by atoms with Crippen LogP contribution in [0.2, 0.25) is 0 Å². The number of fused-ring (bicyclic) bond motifs is 3. The van der Waals surface area contributed by atoms with Crippen LogP contribution in [0.4, 0.5) is 4.79 Å². The molecule has 0 aromatic heterocycles. The van der Waals surface area contributed by atoms with Crippen molar-refractivity contribution in [2.75, 3.05) is 13.7 Å². The molecule has 1 unspecified atom stereocenters. The molecule has 2 N–H and O–H groups in total. The van der Waals surface area contributed by atoms with Crippen LogP contribution in [0.15, 0.2) is 77.3 Å². The summed E-state index contributed by atoms with van der Waals surface area (Å²) in [5, 5.41) is 11.8. The van der Waals surface area contributed by atoms with Crippen LogP contribution >= 0.6 is 15.9 Å². The van der Waals surface area contributed by atoms with Crippen LogP contribution in [-0.2, 0) is 20.9 Å². The minimum Gasteiger partial charge on any atom is -0.481 e. The van der Waals surface area contributed by atoms with E-state index in [1.165, 1.54) is 4.90 Å². The summed E-state index contributed by atoms with van der Waals surface area (Å²) in [7, 11) is 1.57. The third-order valence-electron chi connectivity index (χ3n) is 6.02. The quantitative estimate of drug-likeness (QED) is 0.431. The molecule has 7 nitrogen and oxygen atoms in total. The van der Waals surface area contributed by atoms with Gasteiger partial charge in [-0.05, 0) is 39.9 Å². The summed E-state index contributed by atoms with van der Waals surface area (Å²) < 4.78 is 6.41. The van der Waals surface area contributed by atoms with E-state index >= 15 is 0 Å². The molecule has 1 aliphatic carbocycles. The molecule has 0 spiro atoms. The van der Waals surface area contributed by atoms with Crippen molar-refractivity contribution in [3.8, 4) is 11.1 Å². The first-order valence-electron chi connectivity index (χ1n) is 11.2. The number of ether oxygens (including phenoxy) is 1. The lowest BCUT2D eigenvalue weighted by molar-refractivity contribution is -0.142. The SMILES string of the molecule is CN(Cc1ccc(Br)cc1)C(=O)C(CC(=O)O)NC(=O)OCC1c2ccccc2-c2ccccc21. The Kier molecular flexibility index (Phi) is 7.51. The number of aliphatic carboxylic acids is 1. The normalized spacial score (nSPS) is 12.9. The van der Waals surface area contributed by atoms with E-state index in [0.717, 1.165) is 32.3 Å². The number of halogens is 1. The first-order valence-corrected chi connectivity index (χ1v) is 12.0. The summed E-state index contributed by atoms with van der Waals surface area (Å²) in [4.78, 5) is 38.4. The van der Waals surface area contributed by atoms with Gasteiger partial charge in [0.2, 0.25) is 5.91 Å². The van der Waals surface area contributed by atoms with Crippen molar-refractivity contribution in [1.29, 1.82) is 0 Å². The van der Waals surface area contributed by atoms with E-state index in [9.17, 15) is 19.5 Å². The number of hydrogen-bond acceptors (Lipinski definition) is 4. The van der Waals surface area contributed by atoms with E-state index in [0.29, 0.717) is 0 Å². The second kappa shape index (κ2) is 10.7. The molecule has 0 radical (unpaired) electrons. The average molecular weight is 537 g/mol. The molecule has 3 aromatic carbocycles. The maximum atomic E-state index is 13.0. The summed E-state index contributed by atoms with van der Waals surface area (Å²) in [6.45, 7) is 0.344. The molecule has 8 heteroatoms. The first kappa shape index (κ1) is 24.5. The number of alkyl carbamates (subject to hydrolysis) is 1. The van der Waals surface area contributed by atoms with Gasteiger partial charge in [0.15, 0.2) is 0 Å². The largest absolute Gasteiger partial charge is 0.481 e. The summed E-state index contributed by atoms with van der Waals surface area (Å²) >= 11 is 3.37. The van der Waals surface area contributed by atoms with Crippen LogP contribution in [0.1, 0.15) is 29.0 Å². The highest BCUT2D eigenvalue weighted by Gasteiger charge is 2.31. The molecular formula is C27H25BrN2O5. The molecule has 1 atom stereocenters. The van der Waals surface area contributed by atoms with E-state index in [2.05, 4.69) is 21.2 Å². The fourth-order valence-electron chi connectivity index (χ4n) is 4.36. The Morgan fingerprint density at radius 2 is 1.54 bits per heavy atom. The lowest BCUT2D eigenvalue weighted by atomic mass is 9.98. The Morgan fingerprint density at radius 1 is 0.971 bits per heavy atom. The number of nitrogens with zero attached hydrogens (tertiary/aromatic N) is 1. The standard InChI is InChI=1S/C27H25BrN2O5/c1-30(15-17-10-12-18(28)13-11-17)26(33)24(14-25(31)32)29-27(34)35-16-23-21-8-4-2-6-19(21)20-7-3-5-9-22(20)23/h2-13,23-24H,14-16H2,1H3,(H,29,34)(H,31,32). The highest BCUT2D eigenvalue weighted by molar-refractivity contribution is 9.10. The maximum Gasteiger partial charge on any atom is 0.407 e. The third kappa shape index (κ3) is 5.71. The molecule has 35 heavy (non-hydrogen) atoms. The average Bonchev–Trinajstić information content (AvgIpc) is 3.16. The summed E-state index contributed by atoms with van der Waals surface area (Å²) in [5.41, 5.74) is 5.21. The molecule has 0 fully saturated rings. The number of nitrogens with one attached hydrogen (secondary N) is 1. The molecule has 2 amide bonds. The van der Waals surface area contributed by atoms with Crippen molar-refractivity contribution in [3.05, 3.63) is 94.0 Å². The van der Waals surface area contributed by atoms with Crippen LogP contribution in [0, 0.1) is 0 Å². The first-order chi connectivity index (χ1) is 16.8. The van der Waals surface area contributed by atoms with E-state index in [4.69, 9.17) is 4.74 Å². The van der Waals surface area contributed by atoms with Crippen molar-refractivity contribution in [1.82, 2.24) is 10.2 Å². The van der Waals surface area contributed by atoms with Crippen LogP contribution in [0.3, 0.4) is 0 Å². The summed E-state index contributed by atoms with van der Waals surface area (Å²) in [6.07, 6.45) is -1.38. The van der Waals surface area contributed by atoms with E-state index in [1.54, 1.807) is 7.05 Å². The number of carbonyl (C=O) groups is 3. The number of carboxylic acids is 1. The minimum atomic E-state index is -1.25. The van der Waals surface area contributed by atoms with Gasteiger partial charge in [0.05, 0.1) is 6.42 Å². The fraction of sp³-hybridized carbons (Fsp3) is 0.222. The van der Waals surface area contributed by atoms with Gasteiger partial charge in [0.25, 0.3) is 0 Å². The predicted octanol–water partition coefficient (Wildman–Crippen LogP) is 4.79. The number of likely N-dealkylation sites (N-methyl/N-ethyl adjacent to an activating group) is 1. The number of amides is 2. The Morgan fingerprint density at radius 3 is 2.11 bits per heavy atom. The number of rotatable bonds is 8. The second-order valence-electron chi connectivity index (χ2n) is 8.44. The van der Waals surface area contributed by atoms with Crippen molar-refractivity contribution < 1.29 is 24.2 Å². The van der Waals surface area contributed by atoms with Gasteiger partial charge in [-0.1, -0.05) is 76.6 Å². The topological polar surface area (TPSA) is 95.9 Å². The zero-order valence-electron chi connectivity index (χ0n) is 19.1. The highest BCUT2D eigenvalue weighted by atomic mass is 79.9. The van der Waals surface area contributed by atoms with E-state index in [-0.39, 0.29) is 19.1 Å². The zero-order valence-corrected chi connectivity index (χ0v) is 20.7. The molecule has 0 heterocycles. The lowest BCUT2D eigenvalue weighted by Crippen LogP contribution is -2.48. The van der Waals surface area contributed by atoms with Gasteiger partial charge in [-0.15, -0.1) is 0 Å². The molecule has 0 bridgehead atoms. The minimum absolute atomic E-state index is 0.0720. The molecule has 1 aliphatic rings. The number of carbonyl (C=O) groups excluding carboxylic acids is 2. The van der Waals surface area contributed by atoms with Gasteiger partial charge < -0.3 is 20.1 Å². The van der Waals surface area contributed by atoms with Crippen LogP contribution in [0.5, 0.6) is 0 Å². The Labute approximate surface area is 211 Å². The van der Waals surface area contributed by atoms with E-state index in [1.807, 2.05) is 72.8 Å². The van der Waals surface area contributed by atoms with Crippen molar-refractivity contribution in [3.63, 3.8) is 0 Å². The summed E-state index contributed by atoms with van der Waals surface area (Å²) in [6, 6.07) is 22.1. The number of carboxylic acid groups (broad SMARTS) is 1. The smallest absolute Gasteiger partial charge is 0.407 e. The lowest BCUT2D eigenvalue weighted by Gasteiger charge is -2.24. The molecular weight excluding hydrogens is 512 g/mol. The van der Waals surface area contributed by atoms with Crippen LogP contribution in [0.25, 0.3) is 11.1 Å². The van der Waals surface area contributed by atoms with Crippen LogP contribution < -0.4 is 5.32 Å². The number of hydrogen-bond donors (Lipinski definition) is 2. The van der Waals surface area contributed by atoms with Crippen LogP contribution in [-0.4, -0.2) is 47.7 Å². The zero-order chi connectivity index (χ0) is 24.9. The van der Waals surface area contributed by atoms with Gasteiger partial charge in [0, 0.05) is 24.0 Å². The third-order valence-corrected chi connectivity index (χ3v) is 6.55. The van der Waals surface area contributed by atoms with Gasteiger partial charge in [-0.2, -0.15) is 0 Å². The van der Waals surface area contributed by atoms with Crippen molar-refractivity contribution >= 4 is 33.9 Å². The van der Waals surface area contributed by atoms with E-state index < -0.39 is 30.4 Å². The van der Waals surface area contributed by atoms with Gasteiger partial charge in [-0.3, -0.25) is 9.59 Å². The summed E-state index contributed by atoms with van der Waals surface area (Å²) in [5.74, 6) is -1.84. The number of benzene rings is 3. The molecule has 3 aromatic rings. The molecule has 0 saturated carbocycles. The van der Waals surface area contributed by atoms with Gasteiger partial charge in [-0.25, -0.2) is 4.79 Å². The Bertz CT molecular complexity index is 1200. The Balaban J connectivity index is 1.41.